The number of phenolic OH excluding ortho intramolecular Hbond substituents is 1. The summed E-state index contributed by atoms with van der Waals surface area (Å²) in [6.07, 6.45) is 3.42. The average molecular weight is 521 g/mol. The predicted octanol–water partition coefficient (Wildman–Crippen LogP) is 6.38. The van der Waals surface area contributed by atoms with Gasteiger partial charge in [0.2, 0.25) is 0 Å². The lowest BCUT2D eigenvalue weighted by Crippen LogP contribution is -2.25. The van der Waals surface area contributed by atoms with Crippen molar-refractivity contribution in [2.45, 2.75) is 39.2 Å². The second-order valence-electron chi connectivity index (χ2n) is 8.74. The minimum Gasteiger partial charge on any atom is -0.506 e. The molecule has 36 heavy (non-hydrogen) atoms. The van der Waals surface area contributed by atoms with E-state index in [9.17, 15) is 9.90 Å². The highest BCUT2D eigenvalue weighted by Gasteiger charge is 2.20. The number of methoxy groups -OCH3 is 2. The molecule has 1 N–H and O–H groups in total. The second-order valence-corrected chi connectivity index (χ2v) is 10.8. The van der Waals surface area contributed by atoms with E-state index in [0.29, 0.717) is 45.2 Å². The summed E-state index contributed by atoms with van der Waals surface area (Å²) in [6, 6.07) is 13.6. The summed E-state index contributed by atoms with van der Waals surface area (Å²) in [5.41, 5.74) is 1.92. The number of fused-ring (bicyclic) bond motifs is 3. The van der Waals surface area contributed by atoms with Gasteiger partial charge in [0.15, 0.2) is 11.5 Å². The van der Waals surface area contributed by atoms with Crippen LogP contribution in [0.5, 0.6) is 17.2 Å². The van der Waals surface area contributed by atoms with Crippen LogP contribution in [-0.2, 0) is 19.4 Å². The van der Waals surface area contributed by atoms with E-state index >= 15 is 0 Å². The van der Waals surface area contributed by atoms with Crippen molar-refractivity contribution in [3.05, 3.63) is 80.0 Å². The fourth-order valence-electron chi connectivity index (χ4n) is 4.50. The molecule has 5 aromatic rings. The Bertz CT molecular complexity index is 1590. The molecule has 186 valence electrons. The molecule has 0 radical (unpaired) electrons. The highest BCUT2D eigenvalue weighted by atomic mass is 32.1. The zero-order chi connectivity index (χ0) is 25.2. The molecule has 0 aliphatic carbocycles. The van der Waals surface area contributed by atoms with Crippen molar-refractivity contribution in [3.8, 4) is 17.2 Å². The molecule has 0 fully saturated rings. The molecule has 0 amide bonds. The highest BCUT2D eigenvalue weighted by Crippen LogP contribution is 2.38. The summed E-state index contributed by atoms with van der Waals surface area (Å²) in [5.74, 6) is 2.17. The van der Waals surface area contributed by atoms with Crippen LogP contribution in [0.3, 0.4) is 0 Å². The number of aromatic hydroxyl groups is 1. The summed E-state index contributed by atoms with van der Waals surface area (Å²) in [4.78, 5) is 20.7. The summed E-state index contributed by atoms with van der Waals surface area (Å²) in [6.45, 7) is 2.59. The summed E-state index contributed by atoms with van der Waals surface area (Å²) in [7, 11) is 3.22. The van der Waals surface area contributed by atoms with Crippen LogP contribution >= 0.6 is 22.7 Å². The number of thiophene rings is 2. The number of hydrogen-bond donors (Lipinski definition) is 1. The van der Waals surface area contributed by atoms with E-state index in [1.807, 2.05) is 41.8 Å². The fourth-order valence-corrected chi connectivity index (χ4v) is 6.27. The molecule has 0 aliphatic rings. The van der Waals surface area contributed by atoms with Crippen LogP contribution in [-0.4, -0.2) is 28.9 Å². The van der Waals surface area contributed by atoms with Gasteiger partial charge in [0.1, 0.15) is 16.4 Å². The van der Waals surface area contributed by atoms with Crippen LogP contribution in [0.1, 0.15) is 41.6 Å². The van der Waals surface area contributed by atoms with Crippen molar-refractivity contribution in [2.75, 3.05) is 14.2 Å². The molecule has 0 unspecified atom stereocenters. The number of ether oxygens (including phenoxy) is 2. The van der Waals surface area contributed by atoms with Gasteiger partial charge in [-0.05, 0) is 59.7 Å². The number of unbranched alkanes of at least 4 members (excludes halogenated alkanes) is 1. The van der Waals surface area contributed by atoms with Gasteiger partial charge in [0, 0.05) is 16.7 Å². The first kappa shape index (κ1) is 24.3. The molecule has 5 rings (SSSR count). The maximum atomic E-state index is 14.0. The van der Waals surface area contributed by atoms with E-state index < -0.39 is 0 Å². The number of rotatable bonds is 9. The third-order valence-electron chi connectivity index (χ3n) is 6.34. The van der Waals surface area contributed by atoms with Crippen LogP contribution in [0.4, 0.5) is 0 Å². The zero-order valence-corrected chi connectivity index (χ0v) is 22.2. The quantitative estimate of drug-likeness (QED) is 0.244. The summed E-state index contributed by atoms with van der Waals surface area (Å²) >= 11 is 2.99. The lowest BCUT2D eigenvalue weighted by atomic mass is 10.0. The molecule has 0 spiro atoms. The van der Waals surface area contributed by atoms with Gasteiger partial charge in [0.05, 0.1) is 30.9 Å². The van der Waals surface area contributed by atoms with Crippen LogP contribution in [0.25, 0.3) is 20.3 Å². The van der Waals surface area contributed by atoms with Gasteiger partial charge in [-0.1, -0.05) is 25.5 Å². The molecule has 0 saturated heterocycles. The number of aryl methyl sites for hydroxylation is 1. The third kappa shape index (κ3) is 4.58. The summed E-state index contributed by atoms with van der Waals surface area (Å²) in [5, 5.41) is 14.2. The van der Waals surface area contributed by atoms with Crippen molar-refractivity contribution in [2.24, 2.45) is 0 Å². The molecule has 2 aromatic carbocycles. The lowest BCUT2D eigenvalue weighted by Gasteiger charge is -2.13. The number of phenols is 1. The van der Waals surface area contributed by atoms with E-state index in [-0.39, 0.29) is 11.3 Å². The standard InChI is InChI=1S/C28H28N2O4S2/c1-4-5-7-17-12-20-25-27(36-26(20)21(31)13-17)29-24(30(28(25)32)16-19-8-6-11-35-19)15-18-9-10-22(33-2)23(14-18)34-3/h6,8-14,31H,4-5,7,15-16H2,1-3H3. The maximum absolute atomic E-state index is 14.0. The molecule has 0 aliphatic heterocycles. The van der Waals surface area contributed by atoms with E-state index in [1.165, 1.54) is 11.3 Å². The van der Waals surface area contributed by atoms with Crippen molar-refractivity contribution >= 4 is 43.0 Å². The zero-order valence-electron chi connectivity index (χ0n) is 20.5. The molecular weight excluding hydrogens is 492 g/mol. The Morgan fingerprint density at radius 3 is 2.61 bits per heavy atom. The molecular formula is C28H28N2O4S2. The Morgan fingerprint density at radius 2 is 1.89 bits per heavy atom. The second kappa shape index (κ2) is 10.3. The topological polar surface area (TPSA) is 73.6 Å². The molecule has 3 aromatic heterocycles. The largest absolute Gasteiger partial charge is 0.506 e. The highest BCUT2D eigenvalue weighted by molar-refractivity contribution is 7.25. The number of aromatic nitrogens is 2. The molecule has 0 saturated carbocycles. The fraction of sp³-hybridized carbons (Fsp3) is 0.286. The normalized spacial score (nSPS) is 11.4. The number of hydrogen-bond acceptors (Lipinski definition) is 7. The first-order valence-corrected chi connectivity index (χ1v) is 13.6. The lowest BCUT2D eigenvalue weighted by molar-refractivity contribution is 0.354. The Hall–Kier alpha value is -3.36. The minimum absolute atomic E-state index is 0.0813. The predicted molar refractivity (Wildman–Crippen MR) is 147 cm³/mol. The monoisotopic (exact) mass is 520 g/mol. The smallest absolute Gasteiger partial charge is 0.263 e. The summed E-state index contributed by atoms with van der Waals surface area (Å²) < 4.78 is 13.3. The van der Waals surface area contributed by atoms with Crippen LogP contribution in [0, 0.1) is 0 Å². The molecule has 0 bridgehead atoms. The van der Waals surface area contributed by atoms with E-state index in [2.05, 4.69) is 13.0 Å². The Labute approximate surface area is 217 Å². The third-order valence-corrected chi connectivity index (χ3v) is 8.32. The minimum atomic E-state index is -0.0813. The Balaban J connectivity index is 1.69. The van der Waals surface area contributed by atoms with Gasteiger partial charge in [-0.25, -0.2) is 4.98 Å². The molecule has 3 heterocycles. The Morgan fingerprint density at radius 1 is 1.06 bits per heavy atom. The molecule has 8 heteroatoms. The van der Waals surface area contributed by atoms with Crippen molar-refractivity contribution < 1.29 is 14.6 Å². The van der Waals surface area contributed by atoms with E-state index in [4.69, 9.17) is 14.5 Å². The molecule has 0 atom stereocenters. The van der Waals surface area contributed by atoms with Gasteiger partial charge < -0.3 is 14.6 Å². The number of benzene rings is 2. The van der Waals surface area contributed by atoms with Crippen molar-refractivity contribution in [1.29, 1.82) is 0 Å². The van der Waals surface area contributed by atoms with Crippen LogP contribution < -0.4 is 15.0 Å². The van der Waals surface area contributed by atoms with E-state index in [1.54, 1.807) is 30.1 Å². The molecule has 6 nitrogen and oxygen atoms in total. The van der Waals surface area contributed by atoms with Gasteiger partial charge in [-0.2, -0.15) is 0 Å². The van der Waals surface area contributed by atoms with E-state index in [0.717, 1.165) is 40.7 Å². The SMILES string of the molecule is CCCCc1cc(O)c2sc3nc(Cc4ccc(OC)c(OC)c4)n(Cc4cccs4)c(=O)c3c2c1. The first-order valence-electron chi connectivity index (χ1n) is 11.9. The first-order chi connectivity index (χ1) is 17.5. The van der Waals surface area contributed by atoms with Gasteiger partial charge in [-0.3, -0.25) is 9.36 Å². The van der Waals surface area contributed by atoms with Gasteiger partial charge >= 0.3 is 0 Å². The van der Waals surface area contributed by atoms with Crippen molar-refractivity contribution in [3.63, 3.8) is 0 Å². The van der Waals surface area contributed by atoms with Gasteiger partial charge in [-0.15, -0.1) is 22.7 Å². The Kier molecular flexibility index (Phi) is 6.98. The number of nitrogens with zero attached hydrogens (tertiary/aromatic N) is 2. The maximum Gasteiger partial charge on any atom is 0.263 e. The van der Waals surface area contributed by atoms with Gasteiger partial charge in [0.25, 0.3) is 5.56 Å². The average Bonchev–Trinajstić information content (AvgIpc) is 3.53. The van der Waals surface area contributed by atoms with Crippen molar-refractivity contribution in [1.82, 2.24) is 9.55 Å². The van der Waals surface area contributed by atoms with Crippen LogP contribution in [0.15, 0.2) is 52.6 Å². The van der Waals surface area contributed by atoms with Crippen LogP contribution in [0.2, 0.25) is 0 Å².